The van der Waals surface area contributed by atoms with Crippen molar-refractivity contribution in [1.29, 1.82) is 0 Å². The Bertz CT molecular complexity index is 1300. The van der Waals surface area contributed by atoms with Crippen LogP contribution >= 0.6 is 11.5 Å². The molecule has 1 aliphatic heterocycles. The zero-order valence-corrected chi connectivity index (χ0v) is 22.1. The topological polar surface area (TPSA) is 150 Å². The summed E-state index contributed by atoms with van der Waals surface area (Å²) in [7, 11) is 0. The number of amides is 3. The SMILES string of the molecule is CCOc1ccc([C@@H](C(=O)NC[C@@H]2CCCO2)N(C(=O)c2snc(C(N)=O)c2N)c2ccccc2C)cc1. The molecule has 1 aromatic heterocycles. The van der Waals surface area contributed by atoms with Gasteiger partial charge in [-0.1, -0.05) is 30.3 Å². The quantitative estimate of drug-likeness (QED) is 0.359. The van der Waals surface area contributed by atoms with Gasteiger partial charge in [0.25, 0.3) is 11.8 Å². The molecule has 0 unspecified atom stereocenters. The second kappa shape index (κ2) is 12.1. The average molecular weight is 538 g/mol. The molecule has 0 spiro atoms. The minimum atomic E-state index is -1.07. The fourth-order valence-electron chi connectivity index (χ4n) is 4.39. The summed E-state index contributed by atoms with van der Waals surface area (Å²) in [5.74, 6) is -1.16. The van der Waals surface area contributed by atoms with E-state index in [4.69, 9.17) is 20.9 Å². The van der Waals surface area contributed by atoms with Crippen LogP contribution in [-0.2, 0) is 9.53 Å². The van der Waals surface area contributed by atoms with Gasteiger partial charge in [0.05, 0.1) is 18.4 Å². The third-order valence-corrected chi connectivity index (χ3v) is 7.14. The molecule has 200 valence electrons. The summed E-state index contributed by atoms with van der Waals surface area (Å²) in [6, 6.07) is 13.2. The highest BCUT2D eigenvalue weighted by Gasteiger charge is 2.37. The summed E-state index contributed by atoms with van der Waals surface area (Å²) in [4.78, 5) is 41.2. The third kappa shape index (κ3) is 5.79. The lowest BCUT2D eigenvalue weighted by Crippen LogP contribution is -2.45. The maximum absolute atomic E-state index is 14.1. The van der Waals surface area contributed by atoms with Gasteiger partial charge in [0.2, 0.25) is 5.91 Å². The molecule has 11 heteroatoms. The highest BCUT2D eigenvalue weighted by atomic mass is 32.1. The third-order valence-electron chi connectivity index (χ3n) is 6.29. The zero-order chi connectivity index (χ0) is 27.2. The summed E-state index contributed by atoms with van der Waals surface area (Å²) < 4.78 is 15.2. The van der Waals surface area contributed by atoms with Crippen LogP contribution in [0.3, 0.4) is 0 Å². The van der Waals surface area contributed by atoms with Crippen molar-refractivity contribution in [3.8, 4) is 5.75 Å². The van der Waals surface area contributed by atoms with Crippen molar-refractivity contribution >= 4 is 40.6 Å². The number of anilines is 2. The lowest BCUT2D eigenvalue weighted by molar-refractivity contribution is -0.123. The Morgan fingerprint density at radius 3 is 2.55 bits per heavy atom. The molecule has 2 aromatic carbocycles. The molecule has 0 aliphatic carbocycles. The number of hydrogen-bond donors (Lipinski definition) is 3. The van der Waals surface area contributed by atoms with E-state index in [2.05, 4.69) is 9.69 Å². The normalized spacial score (nSPS) is 15.6. The summed E-state index contributed by atoms with van der Waals surface area (Å²) in [5, 5.41) is 2.97. The van der Waals surface area contributed by atoms with Gasteiger partial charge in [-0.3, -0.25) is 19.3 Å². The maximum Gasteiger partial charge on any atom is 0.273 e. The Hall–Kier alpha value is -3.96. The van der Waals surface area contributed by atoms with E-state index < -0.39 is 17.9 Å². The van der Waals surface area contributed by atoms with Crippen molar-refractivity contribution in [2.24, 2.45) is 5.73 Å². The number of ether oxygens (including phenoxy) is 2. The number of nitrogens with one attached hydrogen (secondary N) is 1. The standard InChI is InChI=1S/C27H31N5O5S/c1-3-36-18-12-10-17(11-13-18)23(26(34)30-15-19-8-6-14-37-19)32(20-9-5-4-7-16(20)2)27(35)24-21(28)22(25(29)33)31-38-24/h4-5,7,9-13,19,23H,3,6,8,14-15,28H2,1-2H3,(H2,29,33)(H,30,34)/t19-,23-/m0/s1. The van der Waals surface area contributed by atoms with E-state index in [9.17, 15) is 14.4 Å². The molecule has 0 bridgehead atoms. The molecule has 38 heavy (non-hydrogen) atoms. The number of carbonyl (C=O) groups excluding carboxylic acids is 3. The van der Waals surface area contributed by atoms with Crippen LogP contribution in [-0.4, -0.2) is 48.0 Å². The molecule has 2 heterocycles. The average Bonchev–Trinajstić information content (AvgIpc) is 3.57. The minimum Gasteiger partial charge on any atom is -0.494 e. The smallest absolute Gasteiger partial charge is 0.273 e. The highest BCUT2D eigenvalue weighted by Crippen LogP contribution is 2.35. The monoisotopic (exact) mass is 537 g/mol. The predicted octanol–water partition coefficient (Wildman–Crippen LogP) is 3.21. The number of para-hydroxylation sites is 1. The number of primary amides is 1. The van der Waals surface area contributed by atoms with Crippen LogP contribution in [0.5, 0.6) is 5.75 Å². The summed E-state index contributed by atoms with van der Waals surface area (Å²) in [5.41, 5.74) is 13.1. The zero-order valence-electron chi connectivity index (χ0n) is 21.3. The fraction of sp³-hybridized carbons (Fsp3) is 0.333. The number of hydrogen-bond acceptors (Lipinski definition) is 8. The van der Waals surface area contributed by atoms with Crippen LogP contribution in [0.15, 0.2) is 48.5 Å². The molecule has 5 N–H and O–H groups in total. The van der Waals surface area contributed by atoms with Gasteiger partial charge in [-0.05, 0) is 67.5 Å². The number of rotatable bonds is 10. The summed E-state index contributed by atoms with van der Waals surface area (Å²) in [6.45, 7) is 5.19. The molecule has 0 radical (unpaired) electrons. The molecular weight excluding hydrogens is 506 g/mol. The molecule has 10 nitrogen and oxygen atoms in total. The first-order valence-corrected chi connectivity index (χ1v) is 13.1. The van der Waals surface area contributed by atoms with Crippen LogP contribution in [0, 0.1) is 6.92 Å². The van der Waals surface area contributed by atoms with E-state index in [0.29, 0.717) is 36.8 Å². The second-order valence-electron chi connectivity index (χ2n) is 8.88. The first-order chi connectivity index (χ1) is 18.3. The van der Waals surface area contributed by atoms with Crippen molar-refractivity contribution in [2.75, 3.05) is 30.4 Å². The number of carbonyl (C=O) groups is 3. The van der Waals surface area contributed by atoms with Gasteiger partial charge >= 0.3 is 0 Å². The number of aryl methyl sites for hydroxylation is 1. The van der Waals surface area contributed by atoms with E-state index >= 15 is 0 Å². The van der Waals surface area contributed by atoms with Gasteiger partial charge in [0.15, 0.2) is 5.69 Å². The van der Waals surface area contributed by atoms with Crippen molar-refractivity contribution in [2.45, 2.75) is 38.8 Å². The number of nitrogen functional groups attached to an aromatic ring is 1. The van der Waals surface area contributed by atoms with Gasteiger partial charge in [-0.15, -0.1) is 0 Å². The fourth-order valence-corrected chi connectivity index (χ4v) is 5.13. The molecule has 4 rings (SSSR count). The molecule has 3 amide bonds. The molecule has 1 aliphatic rings. The number of aromatic nitrogens is 1. The van der Waals surface area contributed by atoms with Crippen LogP contribution in [0.1, 0.15) is 57.1 Å². The minimum absolute atomic E-state index is 0.0184. The van der Waals surface area contributed by atoms with Gasteiger partial charge in [0, 0.05) is 18.8 Å². The van der Waals surface area contributed by atoms with E-state index in [0.717, 1.165) is 29.9 Å². The Morgan fingerprint density at radius 1 is 1.21 bits per heavy atom. The van der Waals surface area contributed by atoms with Gasteiger partial charge < -0.3 is 26.3 Å². The summed E-state index contributed by atoms with van der Waals surface area (Å²) >= 11 is 0.770. The van der Waals surface area contributed by atoms with Crippen LogP contribution < -0.4 is 26.4 Å². The molecular formula is C27H31N5O5S. The highest BCUT2D eigenvalue weighted by molar-refractivity contribution is 7.09. The van der Waals surface area contributed by atoms with Crippen molar-refractivity contribution in [1.82, 2.24) is 9.69 Å². The summed E-state index contributed by atoms with van der Waals surface area (Å²) in [6.07, 6.45) is 1.70. The van der Waals surface area contributed by atoms with Crippen LogP contribution in [0.2, 0.25) is 0 Å². The first kappa shape index (κ1) is 27.1. The first-order valence-electron chi connectivity index (χ1n) is 12.4. The Balaban J connectivity index is 1.81. The van der Waals surface area contributed by atoms with E-state index in [-0.39, 0.29) is 28.3 Å². The van der Waals surface area contributed by atoms with Crippen LogP contribution in [0.4, 0.5) is 11.4 Å². The number of nitrogens with zero attached hydrogens (tertiary/aromatic N) is 2. The molecule has 3 aromatic rings. The van der Waals surface area contributed by atoms with E-state index in [1.165, 1.54) is 4.90 Å². The Kier molecular flexibility index (Phi) is 8.59. The predicted molar refractivity (Wildman–Crippen MR) is 145 cm³/mol. The lowest BCUT2D eigenvalue weighted by atomic mass is 10.0. The molecule has 0 saturated carbocycles. The Labute approximate surface area is 225 Å². The second-order valence-corrected chi connectivity index (χ2v) is 9.66. The molecule has 1 saturated heterocycles. The van der Waals surface area contributed by atoms with Gasteiger partial charge in [0.1, 0.15) is 16.7 Å². The van der Waals surface area contributed by atoms with E-state index in [1.807, 2.05) is 26.0 Å². The number of nitrogens with two attached hydrogens (primary N) is 2. The maximum atomic E-state index is 14.1. The van der Waals surface area contributed by atoms with Crippen molar-refractivity contribution < 1.29 is 23.9 Å². The van der Waals surface area contributed by atoms with Crippen LogP contribution in [0.25, 0.3) is 0 Å². The van der Waals surface area contributed by atoms with Crippen molar-refractivity contribution in [3.05, 3.63) is 70.2 Å². The van der Waals surface area contributed by atoms with E-state index in [1.54, 1.807) is 36.4 Å². The van der Waals surface area contributed by atoms with Crippen molar-refractivity contribution in [3.63, 3.8) is 0 Å². The van der Waals surface area contributed by atoms with Gasteiger partial charge in [-0.2, -0.15) is 4.37 Å². The Morgan fingerprint density at radius 2 is 1.95 bits per heavy atom. The number of benzene rings is 2. The largest absolute Gasteiger partial charge is 0.494 e. The lowest BCUT2D eigenvalue weighted by Gasteiger charge is -2.32. The molecule has 2 atom stereocenters. The van der Waals surface area contributed by atoms with Gasteiger partial charge in [-0.25, -0.2) is 0 Å². The molecule has 1 fully saturated rings.